The minimum atomic E-state index is -0.662. The van der Waals surface area contributed by atoms with Crippen LogP contribution in [-0.2, 0) is 9.53 Å². The number of nitro benzene ring substituents is 1. The molecule has 0 aliphatic rings. The Morgan fingerprint density at radius 2 is 2.17 bits per heavy atom. The third-order valence-corrected chi connectivity index (χ3v) is 4.50. The SMILES string of the molecule is COC(=O)CC(NC(=O)c1ccc(Cl)c([N+](=O)[O-])c1)c1cccs1. The molecule has 24 heavy (non-hydrogen) atoms. The Morgan fingerprint density at radius 1 is 1.42 bits per heavy atom. The summed E-state index contributed by atoms with van der Waals surface area (Å²) >= 11 is 7.12. The van der Waals surface area contributed by atoms with Gasteiger partial charge in [0.25, 0.3) is 11.6 Å². The zero-order valence-corrected chi connectivity index (χ0v) is 14.1. The highest BCUT2D eigenvalue weighted by atomic mass is 35.5. The molecule has 7 nitrogen and oxygen atoms in total. The molecule has 0 saturated heterocycles. The van der Waals surface area contributed by atoms with E-state index in [1.807, 2.05) is 5.38 Å². The van der Waals surface area contributed by atoms with E-state index in [2.05, 4.69) is 10.1 Å². The summed E-state index contributed by atoms with van der Waals surface area (Å²) in [6, 6.07) is 6.76. The molecule has 0 aliphatic heterocycles. The van der Waals surface area contributed by atoms with Gasteiger partial charge in [0, 0.05) is 16.5 Å². The number of halogens is 1. The molecule has 0 bridgehead atoms. The lowest BCUT2D eigenvalue weighted by atomic mass is 10.1. The maximum absolute atomic E-state index is 12.4. The van der Waals surface area contributed by atoms with E-state index in [4.69, 9.17) is 11.6 Å². The van der Waals surface area contributed by atoms with Gasteiger partial charge in [-0.2, -0.15) is 0 Å². The molecule has 0 saturated carbocycles. The Kier molecular flexibility index (Phi) is 5.88. The lowest BCUT2D eigenvalue weighted by Gasteiger charge is -2.16. The van der Waals surface area contributed by atoms with Crippen LogP contribution in [0.3, 0.4) is 0 Å². The van der Waals surface area contributed by atoms with Crippen molar-refractivity contribution in [3.63, 3.8) is 0 Å². The van der Waals surface area contributed by atoms with Gasteiger partial charge in [0.1, 0.15) is 5.02 Å². The molecule has 1 aromatic heterocycles. The van der Waals surface area contributed by atoms with E-state index in [0.717, 1.165) is 10.9 Å². The molecule has 1 atom stereocenters. The summed E-state index contributed by atoms with van der Waals surface area (Å²) in [6.45, 7) is 0. The van der Waals surface area contributed by atoms with E-state index >= 15 is 0 Å². The minimum absolute atomic E-state index is 0.0432. The minimum Gasteiger partial charge on any atom is -0.469 e. The lowest BCUT2D eigenvalue weighted by molar-refractivity contribution is -0.384. The van der Waals surface area contributed by atoms with Gasteiger partial charge < -0.3 is 10.1 Å². The molecule has 1 heterocycles. The molecule has 2 rings (SSSR count). The summed E-state index contributed by atoms with van der Waals surface area (Å²) in [5.74, 6) is -1.02. The topological polar surface area (TPSA) is 98.5 Å². The van der Waals surface area contributed by atoms with Crippen LogP contribution in [0.4, 0.5) is 5.69 Å². The normalized spacial score (nSPS) is 11.6. The van der Waals surface area contributed by atoms with E-state index in [1.165, 1.54) is 30.6 Å². The van der Waals surface area contributed by atoms with E-state index in [-0.39, 0.29) is 22.7 Å². The average molecular weight is 369 g/mol. The van der Waals surface area contributed by atoms with Gasteiger partial charge in [-0.15, -0.1) is 11.3 Å². The van der Waals surface area contributed by atoms with Crippen molar-refractivity contribution >= 4 is 40.5 Å². The van der Waals surface area contributed by atoms with E-state index in [9.17, 15) is 19.7 Å². The number of rotatable bonds is 6. The Balaban J connectivity index is 2.23. The summed E-state index contributed by atoms with van der Waals surface area (Å²) in [7, 11) is 1.26. The van der Waals surface area contributed by atoms with Crippen LogP contribution in [-0.4, -0.2) is 23.9 Å². The van der Waals surface area contributed by atoms with Gasteiger partial charge >= 0.3 is 5.97 Å². The number of methoxy groups -OCH3 is 1. The van der Waals surface area contributed by atoms with Gasteiger partial charge in [-0.25, -0.2) is 0 Å². The third kappa shape index (κ3) is 4.30. The molecule has 1 unspecified atom stereocenters. The van der Waals surface area contributed by atoms with Crippen LogP contribution in [0.15, 0.2) is 35.7 Å². The number of carbonyl (C=O) groups excluding carboxylic acids is 2. The first-order valence-electron chi connectivity index (χ1n) is 6.77. The molecule has 0 aliphatic carbocycles. The second-order valence-corrected chi connectivity index (χ2v) is 6.13. The molecule has 1 N–H and O–H groups in total. The van der Waals surface area contributed by atoms with Crippen LogP contribution in [0.1, 0.15) is 27.7 Å². The van der Waals surface area contributed by atoms with Gasteiger partial charge in [-0.3, -0.25) is 19.7 Å². The molecular formula is C15H13ClN2O5S. The maximum Gasteiger partial charge on any atom is 0.307 e. The molecule has 126 valence electrons. The zero-order valence-electron chi connectivity index (χ0n) is 12.5. The van der Waals surface area contributed by atoms with E-state index in [0.29, 0.717) is 0 Å². The van der Waals surface area contributed by atoms with Gasteiger partial charge in [0.15, 0.2) is 0 Å². The smallest absolute Gasteiger partial charge is 0.307 e. The molecule has 0 radical (unpaired) electrons. The molecule has 0 fully saturated rings. The number of nitrogens with zero attached hydrogens (tertiary/aromatic N) is 1. The highest BCUT2D eigenvalue weighted by Crippen LogP contribution is 2.26. The van der Waals surface area contributed by atoms with Crippen molar-refractivity contribution in [2.75, 3.05) is 7.11 Å². The molecular weight excluding hydrogens is 356 g/mol. The molecule has 9 heteroatoms. The Hall–Kier alpha value is -2.45. The highest BCUT2D eigenvalue weighted by molar-refractivity contribution is 7.10. The summed E-state index contributed by atoms with van der Waals surface area (Å²) in [6.07, 6.45) is -0.0432. The summed E-state index contributed by atoms with van der Waals surface area (Å²) < 4.78 is 4.64. The van der Waals surface area contributed by atoms with Crippen LogP contribution in [0.2, 0.25) is 5.02 Å². The predicted molar refractivity (Wildman–Crippen MR) is 89.3 cm³/mol. The van der Waals surface area contributed by atoms with Crippen molar-refractivity contribution in [2.45, 2.75) is 12.5 Å². The van der Waals surface area contributed by atoms with Crippen molar-refractivity contribution in [2.24, 2.45) is 0 Å². The first-order chi connectivity index (χ1) is 11.4. The number of ether oxygens (including phenoxy) is 1. The van der Waals surface area contributed by atoms with Gasteiger partial charge in [0.05, 0.1) is 24.5 Å². The summed E-state index contributed by atoms with van der Waals surface area (Å²) in [5, 5.41) is 15.4. The number of hydrogen-bond donors (Lipinski definition) is 1. The first kappa shape index (κ1) is 17.9. The van der Waals surface area contributed by atoms with Gasteiger partial charge in [-0.1, -0.05) is 17.7 Å². The average Bonchev–Trinajstić information content (AvgIpc) is 3.08. The van der Waals surface area contributed by atoms with Crippen molar-refractivity contribution in [1.29, 1.82) is 0 Å². The molecule has 1 amide bonds. The number of benzene rings is 1. The van der Waals surface area contributed by atoms with Crippen LogP contribution in [0.5, 0.6) is 0 Å². The van der Waals surface area contributed by atoms with Crippen molar-refractivity contribution in [3.8, 4) is 0 Å². The Labute approximate surface area is 146 Å². The fourth-order valence-corrected chi connectivity index (χ4v) is 2.96. The number of nitro groups is 1. The van der Waals surface area contributed by atoms with E-state index in [1.54, 1.807) is 12.1 Å². The second-order valence-electron chi connectivity index (χ2n) is 4.75. The molecule has 2 aromatic rings. The van der Waals surface area contributed by atoms with Crippen LogP contribution < -0.4 is 5.32 Å². The summed E-state index contributed by atoms with van der Waals surface area (Å²) in [4.78, 5) is 35.0. The number of nitrogens with one attached hydrogen (secondary N) is 1. The monoisotopic (exact) mass is 368 g/mol. The number of carbonyl (C=O) groups is 2. The van der Waals surface area contributed by atoms with Gasteiger partial charge in [-0.05, 0) is 23.6 Å². The standard InChI is InChI=1S/C15H13ClN2O5S/c1-23-14(19)8-11(13-3-2-6-24-13)17-15(20)9-4-5-10(16)12(7-9)18(21)22/h2-7,11H,8H2,1H3,(H,17,20). The van der Waals surface area contributed by atoms with Crippen molar-refractivity contribution in [1.82, 2.24) is 5.32 Å². The number of thiophene rings is 1. The van der Waals surface area contributed by atoms with Crippen LogP contribution in [0.25, 0.3) is 0 Å². The quantitative estimate of drug-likeness (QED) is 0.479. The number of hydrogen-bond acceptors (Lipinski definition) is 6. The Bertz CT molecular complexity index is 763. The van der Waals surface area contributed by atoms with Crippen molar-refractivity contribution in [3.05, 3.63) is 61.3 Å². The number of esters is 1. The zero-order chi connectivity index (χ0) is 17.7. The first-order valence-corrected chi connectivity index (χ1v) is 8.03. The maximum atomic E-state index is 12.4. The summed E-state index contributed by atoms with van der Waals surface area (Å²) in [5.41, 5.74) is -0.275. The predicted octanol–water partition coefficient (Wildman–Crippen LogP) is 3.34. The largest absolute Gasteiger partial charge is 0.469 e. The fourth-order valence-electron chi connectivity index (χ4n) is 2.00. The van der Waals surface area contributed by atoms with Crippen molar-refractivity contribution < 1.29 is 19.2 Å². The highest BCUT2D eigenvalue weighted by Gasteiger charge is 2.22. The van der Waals surface area contributed by atoms with Crippen LogP contribution >= 0.6 is 22.9 Å². The second kappa shape index (κ2) is 7.89. The lowest BCUT2D eigenvalue weighted by Crippen LogP contribution is -2.30. The molecule has 0 spiro atoms. The van der Waals surface area contributed by atoms with Gasteiger partial charge in [0.2, 0.25) is 0 Å². The molecule has 1 aromatic carbocycles. The number of amides is 1. The third-order valence-electron chi connectivity index (χ3n) is 3.20. The Morgan fingerprint density at radius 3 is 2.75 bits per heavy atom. The van der Waals surface area contributed by atoms with E-state index < -0.39 is 22.8 Å². The fraction of sp³-hybridized carbons (Fsp3) is 0.200. The van der Waals surface area contributed by atoms with Crippen LogP contribution in [0, 0.1) is 10.1 Å².